The van der Waals surface area contributed by atoms with Crippen LogP contribution < -0.4 is 5.32 Å². The molecule has 1 aliphatic rings. The standard InChI is InChI=1S/C10H14BrNOS/c11-8-4-10(14-7-8)6-13-9-2-1-3-12-5-9/h4,7,9,12H,1-3,5-6H2/t9-/m0/s1. The molecule has 2 rings (SSSR count). The minimum absolute atomic E-state index is 0.407. The van der Waals surface area contributed by atoms with Gasteiger partial charge in [-0.3, -0.25) is 0 Å². The van der Waals surface area contributed by atoms with E-state index < -0.39 is 0 Å². The van der Waals surface area contributed by atoms with Gasteiger partial charge in [-0.25, -0.2) is 0 Å². The zero-order valence-electron chi connectivity index (χ0n) is 7.96. The first kappa shape index (κ1) is 10.6. The second-order valence-electron chi connectivity index (χ2n) is 3.51. The van der Waals surface area contributed by atoms with Crippen molar-refractivity contribution in [1.29, 1.82) is 0 Å². The molecule has 0 radical (unpaired) electrons. The Labute approximate surface area is 96.8 Å². The molecule has 1 aliphatic heterocycles. The van der Waals surface area contributed by atoms with Gasteiger partial charge in [-0.05, 0) is 41.4 Å². The average molecular weight is 276 g/mol. The Bertz CT molecular complexity index is 283. The Hall–Kier alpha value is 0.1000. The molecule has 0 unspecified atom stereocenters. The Morgan fingerprint density at radius 1 is 1.64 bits per heavy atom. The highest BCUT2D eigenvalue weighted by molar-refractivity contribution is 9.10. The van der Waals surface area contributed by atoms with Gasteiger partial charge in [0.15, 0.2) is 0 Å². The average Bonchev–Trinajstić information content (AvgIpc) is 2.63. The highest BCUT2D eigenvalue weighted by atomic mass is 79.9. The molecule has 0 amide bonds. The molecule has 1 aromatic rings. The van der Waals surface area contributed by atoms with E-state index in [4.69, 9.17) is 4.74 Å². The van der Waals surface area contributed by atoms with Crippen LogP contribution >= 0.6 is 27.3 Å². The van der Waals surface area contributed by atoms with Crippen molar-refractivity contribution >= 4 is 27.3 Å². The van der Waals surface area contributed by atoms with Crippen LogP contribution in [0.1, 0.15) is 17.7 Å². The molecule has 78 valence electrons. The third-order valence-electron chi connectivity index (χ3n) is 2.33. The van der Waals surface area contributed by atoms with E-state index in [2.05, 4.69) is 32.7 Å². The van der Waals surface area contributed by atoms with E-state index in [-0.39, 0.29) is 0 Å². The summed E-state index contributed by atoms with van der Waals surface area (Å²) in [4.78, 5) is 1.29. The zero-order valence-corrected chi connectivity index (χ0v) is 10.4. The molecule has 0 aromatic carbocycles. The third kappa shape index (κ3) is 3.05. The molecule has 0 bridgehead atoms. The van der Waals surface area contributed by atoms with Crippen molar-refractivity contribution in [3.63, 3.8) is 0 Å². The van der Waals surface area contributed by atoms with Gasteiger partial charge < -0.3 is 10.1 Å². The SMILES string of the molecule is Brc1csc(CO[C@H]2CCCNC2)c1. The van der Waals surface area contributed by atoms with Gasteiger partial charge >= 0.3 is 0 Å². The minimum atomic E-state index is 0.407. The molecule has 1 aromatic heterocycles. The predicted octanol–water partition coefficient (Wildman–Crippen LogP) is 2.78. The molecule has 1 fully saturated rings. The second kappa shape index (κ2) is 5.26. The Kier molecular flexibility index (Phi) is 3.99. The number of rotatable bonds is 3. The van der Waals surface area contributed by atoms with Crippen LogP contribution in [0, 0.1) is 0 Å². The van der Waals surface area contributed by atoms with Crippen molar-refractivity contribution in [2.45, 2.75) is 25.6 Å². The first-order chi connectivity index (χ1) is 6.84. The van der Waals surface area contributed by atoms with E-state index in [1.807, 2.05) is 0 Å². The second-order valence-corrected chi connectivity index (χ2v) is 5.42. The van der Waals surface area contributed by atoms with Crippen LogP contribution in [0.2, 0.25) is 0 Å². The summed E-state index contributed by atoms with van der Waals surface area (Å²) in [6.07, 6.45) is 2.84. The summed E-state index contributed by atoms with van der Waals surface area (Å²) in [5.74, 6) is 0. The lowest BCUT2D eigenvalue weighted by atomic mass is 10.1. The maximum atomic E-state index is 5.81. The van der Waals surface area contributed by atoms with Crippen LogP contribution in [0.5, 0.6) is 0 Å². The summed E-state index contributed by atoms with van der Waals surface area (Å²) in [7, 11) is 0. The van der Waals surface area contributed by atoms with Gasteiger partial charge in [0.1, 0.15) is 0 Å². The van der Waals surface area contributed by atoms with Crippen molar-refractivity contribution in [1.82, 2.24) is 5.32 Å². The summed E-state index contributed by atoms with van der Waals surface area (Å²) in [5, 5.41) is 5.44. The first-order valence-electron chi connectivity index (χ1n) is 4.90. The summed E-state index contributed by atoms with van der Waals surface area (Å²) in [6.45, 7) is 2.90. The lowest BCUT2D eigenvalue weighted by Crippen LogP contribution is -2.35. The van der Waals surface area contributed by atoms with E-state index in [9.17, 15) is 0 Å². The molecule has 1 atom stereocenters. The summed E-state index contributed by atoms with van der Waals surface area (Å²) in [6, 6.07) is 2.13. The van der Waals surface area contributed by atoms with Crippen LogP contribution in [-0.2, 0) is 11.3 Å². The largest absolute Gasteiger partial charge is 0.371 e. The smallest absolute Gasteiger partial charge is 0.0814 e. The van der Waals surface area contributed by atoms with Crippen LogP contribution in [0.15, 0.2) is 15.9 Å². The molecule has 1 N–H and O–H groups in total. The van der Waals surface area contributed by atoms with Crippen LogP contribution in [0.3, 0.4) is 0 Å². The topological polar surface area (TPSA) is 21.3 Å². The third-order valence-corrected chi connectivity index (χ3v) is 4.01. The van der Waals surface area contributed by atoms with Gasteiger partial charge in [-0.2, -0.15) is 0 Å². The fourth-order valence-electron chi connectivity index (χ4n) is 1.59. The molecule has 2 nitrogen and oxygen atoms in total. The molecule has 14 heavy (non-hydrogen) atoms. The summed E-state index contributed by atoms with van der Waals surface area (Å²) in [5.41, 5.74) is 0. The van der Waals surface area contributed by atoms with Gasteiger partial charge in [0, 0.05) is 21.3 Å². The lowest BCUT2D eigenvalue weighted by Gasteiger charge is -2.22. The molecule has 0 spiro atoms. The number of piperidine rings is 1. The van der Waals surface area contributed by atoms with Gasteiger partial charge in [-0.1, -0.05) is 0 Å². The number of nitrogens with one attached hydrogen (secondary N) is 1. The van der Waals surface area contributed by atoms with Gasteiger partial charge in [0.25, 0.3) is 0 Å². The molecule has 0 aliphatic carbocycles. The van der Waals surface area contributed by atoms with E-state index in [0.29, 0.717) is 6.10 Å². The maximum Gasteiger partial charge on any atom is 0.0814 e. The number of ether oxygens (including phenoxy) is 1. The van der Waals surface area contributed by atoms with Crippen LogP contribution in [-0.4, -0.2) is 19.2 Å². The maximum absolute atomic E-state index is 5.81. The molecule has 0 saturated carbocycles. The Morgan fingerprint density at radius 2 is 2.57 bits per heavy atom. The quantitative estimate of drug-likeness (QED) is 0.916. The van der Waals surface area contributed by atoms with E-state index in [0.717, 1.165) is 24.2 Å². The first-order valence-corrected chi connectivity index (χ1v) is 6.57. The van der Waals surface area contributed by atoms with Crippen molar-refractivity contribution in [3.8, 4) is 0 Å². The number of hydrogen-bond acceptors (Lipinski definition) is 3. The van der Waals surface area contributed by atoms with Crippen molar-refractivity contribution < 1.29 is 4.74 Å². The van der Waals surface area contributed by atoms with Crippen molar-refractivity contribution in [2.24, 2.45) is 0 Å². The number of hydrogen-bond donors (Lipinski definition) is 1. The minimum Gasteiger partial charge on any atom is -0.371 e. The summed E-state index contributed by atoms with van der Waals surface area (Å²) >= 11 is 5.19. The van der Waals surface area contributed by atoms with Crippen molar-refractivity contribution in [2.75, 3.05) is 13.1 Å². The van der Waals surface area contributed by atoms with Gasteiger partial charge in [0.2, 0.25) is 0 Å². The fraction of sp³-hybridized carbons (Fsp3) is 0.600. The highest BCUT2D eigenvalue weighted by Gasteiger charge is 2.13. The molecule has 2 heterocycles. The highest BCUT2D eigenvalue weighted by Crippen LogP contribution is 2.21. The fourth-order valence-corrected chi connectivity index (χ4v) is 2.96. The lowest BCUT2D eigenvalue weighted by molar-refractivity contribution is 0.0267. The number of halogens is 1. The molecular weight excluding hydrogens is 262 g/mol. The number of thiophene rings is 1. The van der Waals surface area contributed by atoms with Gasteiger partial charge in [-0.15, -0.1) is 11.3 Å². The normalized spacial score (nSPS) is 22.5. The van der Waals surface area contributed by atoms with E-state index in [1.54, 1.807) is 11.3 Å². The van der Waals surface area contributed by atoms with Crippen LogP contribution in [0.25, 0.3) is 0 Å². The van der Waals surface area contributed by atoms with Crippen molar-refractivity contribution in [3.05, 3.63) is 20.8 Å². The molecule has 4 heteroatoms. The van der Waals surface area contributed by atoms with E-state index in [1.165, 1.54) is 17.7 Å². The molecule has 1 saturated heterocycles. The van der Waals surface area contributed by atoms with Gasteiger partial charge in [0.05, 0.1) is 12.7 Å². The van der Waals surface area contributed by atoms with E-state index >= 15 is 0 Å². The summed E-state index contributed by atoms with van der Waals surface area (Å²) < 4.78 is 6.96. The monoisotopic (exact) mass is 275 g/mol. The predicted molar refractivity (Wildman–Crippen MR) is 62.7 cm³/mol. The van der Waals surface area contributed by atoms with Crippen LogP contribution in [0.4, 0.5) is 0 Å². The molecular formula is C10H14BrNOS. The Balaban J connectivity index is 1.76. The zero-order chi connectivity index (χ0) is 9.80. The Morgan fingerprint density at radius 3 is 3.21 bits per heavy atom.